The zero-order chi connectivity index (χ0) is 15.4. The van der Waals surface area contributed by atoms with Crippen LogP contribution in [0.2, 0.25) is 0 Å². The molecule has 1 aliphatic rings. The number of hydrogen-bond acceptors (Lipinski definition) is 4. The number of likely N-dealkylation sites (N-methyl/N-ethyl adjacent to an activating group) is 1. The molecule has 2 N–H and O–H groups in total. The molecule has 0 aliphatic carbocycles. The Morgan fingerprint density at radius 1 is 1.29 bits per heavy atom. The molecular formula is C17H26Cl2N4O. The molecule has 2 heterocycles. The van der Waals surface area contributed by atoms with Gasteiger partial charge in [-0.05, 0) is 25.6 Å². The minimum absolute atomic E-state index is 0. The van der Waals surface area contributed by atoms with E-state index in [2.05, 4.69) is 44.0 Å². The van der Waals surface area contributed by atoms with Crippen molar-refractivity contribution in [3.63, 3.8) is 0 Å². The number of aliphatic hydroxyl groups is 1. The minimum atomic E-state index is -0.606. The maximum Gasteiger partial charge on any atom is 0.123 e. The Balaban J connectivity index is 0.00000144. The van der Waals surface area contributed by atoms with Crippen molar-refractivity contribution in [3.8, 4) is 0 Å². The summed E-state index contributed by atoms with van der Waals surface area (Å²) in [5.41, 5.74) is 0.661. The lowest BCUT2D eigenvalue weighted by atomic mass is 10.0. The van der Waals surface area contributed by atoms with Crippen LogP contribution in [0.5, 0.6) is 0 Å². The predicted molar refractivity (Wildman–Crippen MR) is 101 cm³/mol. The van der Waals surface area contributed by atoms with Crippen molar-refractivity contribution in [1.82, 2.24) is 19.8 Å². The van der Waals surface area contributed by atoms with E-state index in [0.29, 0.717) is 13.1 Å². The van der Waals surface area contributed by atoms with Crippen LogP contribution >= 0.6 is 24.8 Å². The largest absolute Gasteiger partial charge is 0.387 e. The van der Waals surface area contributed by atoms with Crippen molar-refractivity contribution in [3.05, 3.63) is 54.1 Å². The van der Waals surface area contributed by atoms with Gasteiger partial charge in [0.2, 0.25) is 0 Å². The molecule has 0 amide bonds. The molecule has 1 aliphatic heterocycles. The maximum absolute atomic E-state index is 10.5. The molecule has 0 saturated carbocycles. The minimum Gasteiger partial charge on any atom is -0.387 e. The standard InChI is InChI=1S/C17H24N4O.2ClH/c1-20(14-17(22)7-8-18-13-17)12-16-19-9-10-21(16)11-15-5-3-2-4-6-15;;/h2-6,9-10,18,22H,7-8,11-14H2,1H3;2*1H. The molecule has 0 bridgehead atoms. The van der Waals surface area contributed by atoms with Crippen molar-refractivity contribution in [2.75, 3.05) is 26.7 Å². The highest BCUT2D eigenvalue weighted by molar-refractivity contribution is 5.85. The average molecular weight is 373 g/mol. The zero-order valence-corrected chi connectivity index (χ0v) is 15.5. The van der Waals surface area contributed by atoms with Crippen LogP contribution in [-0.4, -0.2) is 51.8 Å². The number of aromatic nitrogens is 2. The van der Waals surface area contributed by atoms with Gasteiger partial charge in [0.1, 0.15) is 5.82 Å². The fraction of sp³-hybridized carbons (Fsp3) is 0.471. The van der Waals surface area contributed by atoms with Crippen LogP contribution in [0.25, 0.3) is 0 Å². The van der Waals surface area contributed by atoms with Crippen molar-refractivity contribution >= 4 is 24.8 Å². The molecular weight excluding hydrogens is 347 g/mol. The Kier molecular flexibility index (Phi) is 8.19. The topological polar surface area (TPSA) is 53.3 Å². The monoisotopic (exact) mass is 372 g/mol. The molecule has 1 fully saturated rings. The molecule has 24 heavy (non-hydrogen) atoms. The number of benzene rings is 1. The summed E-state index contributed by atoms with van der Waals surface area (Å²) in [6.45, 7) is 3.80. The number of β-amino-alcohol motifs (C(OH)–C–C–N with tert-alkyl or cyclic N) is 1. The lowest BCUT2D eigenvalue weighted by Crippen LogP contribution is -2.43. The van der Waals surface area contributed by atoms with E-state index in [1.807, 2.05) is 25.5 Å². The van der Waals surface area contributed by atoms with Crippen LogP contribution in [0.1, 0.15) is 17.8 Å². The van der Waals surface area contributed by atoms with Gasteiger partial charge in [0.25, 0.3) is 0 Å². The molecule has 1 atom stereocenters. The first-order valence-corrected chi connectivity index (χ1v) is 7.80. The normalized spacial score (nSPS) is 19.8. The third-order valence-corrected chi connectivity index (χ3v) is 4.19. The van der Waals surface area contributed by atoms with Crippen molar-refractivity contribution < 1.29 is 5.11 Å². The third kappa shape index (κ3) is 5.46. The van der Waals surface area contributed by atoms with Gasteiger partial charge in [-0.1, -0.05) is 30.3 Å². The quantitative estimate of drug-likeness (QED) is 0.813. The number of nitrogens with one attached hydrogen (secondary N) is 1. The first kappa shape index (κ1) is 20.9. The molecule has 7 heteroatoms. The van der Waals surface area contributed by atoms with Crippen molar-refractivity contribution in [2.24, 2.45) is 0 Å². The Labute approximate surface area is 155 Å². The molecule has 3 rings (SSSR count). The van der Waals surface area contributed by atoms with E-state index < -0.39 is 5.60 Å². The summed E-state index contributed by atoms with van der Waals surface area (Å²) >= 11 is 0. The fourth-order valence-electron chi connectivity index (χ4n) is 3.08. The van der Waals surface area contributed by atoms with E-state index in [4.69, 9.17) is 0 Å². The second-order valence-corrected chi connectivity index (χ2v) is 6.28. The number of imidazole rings is 1. The van der Waals surface area contributed by atoms with Gasteiger partial charge in [-0.2, -0.15) is 0 Å². The van der Waals surface area contributed by atoms with Crippen LogP contribution in [0.15, 0.2) is 42.7 Å². The number of rotatable bonds is 6. The van der Waals surface area contributed by atoms with E-state index in [9.17, 15) is 5.11 Å². The molecule has 2 aromatic rings. The van der Waals surface area contributed by atoms with E-state index in [1.165, 1.54) is 5.56 Å². The van der Waals surface area contributed by atoms with Gasteiger partial charge < -0.3 is 15.0 Å². The second kappa shape index (κ2) is 9.39. The summed E-state index contributed by atoms with van der Waals surface area (Å²) in [5, 5.41) is 13.7. The molecule has 0 spiro atoms. The summed E-state index contributed by atoms with van der Waals surface area (Å²) in [5.74, 6) is 1.03. The Bertz CT molecular complexity index is 600. The van der Waals surface area contributed by atoms with Crippen molar-refractivity contribution in [1.29, 1.82) is 0 Å². The number of halogens is 2. The Morgan fingerprint density at radius 2 is 2.04 bits per heavy atom. The highest BCUT2D eigenvalue weighted by atomic mass is 35.5. The molecule has 5 nitrogen and oxygen atoms in total. The van der Waals surface area contributed by atoms with Crippen molar-refractivity contribution in [2.45, 2.75) is 25.1 Å². The van der Waals surface area contributed by atoms with Gasteiger partial charge in [-0.3, -0.25) is 4.90 Å². The van der Waals surface area contributed by atoms with Crippen LogP contribution in [0.4, 0.5) is 0 Å². The SMILES string of the molecule is CN(Cc1nccn1Cc1ccccc1)CC1(O)CCNC1.Cl.Cl. The highest BCUT2D eigenvalue weighted by Crippen LogP contribution is 2.16. The third-order valence-electron chi connectivity index (χ3n) is 4.19. The molecule has 1 saturated heterocycles. The Morgan fingerprint density at radius 3 is 2.71 bits per heavy atom. The van der Waals surface area contributed by atoms with Gasteiger partial charge >= 0.3 is 0 Å². The van der Waals surface area contributed by atoms with Gasteiger partial charge in [-0.25, -0.2) is 4.98 Å². The summed E-state index contributed by atoms with van der Waals surface area (Å²) in [7, 11) is 2.04. The Hall–Kier alpha value is -1.11. The maximum atomic E-state index is 10.5. The van der Waals surface area contributed by atoms with E-state index >= 15 is 0 Å². The van der Waals surface area contributed by atoms with Crippen LogP contribution in [0.3, 0.4) is 0 Å². The van der Waals surface area contributed by atoms with Crippen LogP contribution < -0.4 is 5.32 Å². The lowest BCUT2D eigenvalue weighted by molar-refractivity contribution is 0.0256. The highest BCUT2D eigenvalue weighted by Gasteiger charge is 2.32. The van der Waals surface area contributed by atoms with Crippen LogP contribution in [-0.2, 0) is 13.1 Å². The van der Waals surface area contributed by atoms with Gasteiger partial charge in [0.15, 0.2) is 0 Å². The summed E-state index contributed by atoms with van der Waals surface area (Å²) in [4.78, 5) is 6.62. The average Bonchev–Trinajstić information content (AvgIpc) is 3.10. The first-order valence-electron chi connectivity index (χ1n) is 7.80. The molecule has 1 aromatic heterocycles. The lowest BCUT2D eigenvalue weighted by Gasteiger charge is -2.27. The van der Waals surface area contributed by atoms with Crippen LogP contribution in [0, 0.1) is 0 Å². The fourth-order valence-corrected chi connectivity index (χ4v) is 3.08. The second-order valence-electron chi connectivity index (χ2n) is 6.28. The summed E-state index contributed by atoms with van der Waals surface area (Å²) in [6, 6.07) is 10.4. The molecule has 134 valence electrons. The zero-order valence-electron chi connectivity index (χ0n) is 13.9. The summed E-state index contributed by atoms with van der Waals surface area (Å²) < 4.78 is 2.17. The molecule has 0 radical (unpaired) electrons. The number of nitrogens with zero attached hydrogens (tertiary/aromatic N) is 3. The predicted octanol–water partition coefficient (Wildman–Crippen LogP) is 1.93. The van der Waals surface area contributed by atoms with E-state index in [0.717, 1.165) is 31.9 Å². The first-order chi connectivity index (χ1) is 10.6. The molecule has 1 aromatic carbocycles. The summed E-state index contributed by atoms with van der Waals surface area (Å²) in [6.07, 6.45) is 4.68. The van der Waals surface area contributed by atoms with Gasteiger partial charge in [0.05, 0.1) is 12.1 Å². The number of hydrogen-bond donors (Lipinski definition) is 2. The van der Waals surface area contributed by atoms with Gasteiger partial charge in [-0.15, -0.1) is 24.8 Å². The van der Waals surface area contributed by atoms with Gasteiger partial charge in [0, 0.05) is 32.0 Å². The van der Waals surface area contributed by atoms with E-state index in [1.54, 1.807) is 0 Å². The molecule has 1 unspecified atom stereocenters. The van der Waals surface area contributed by atoms with E-state index in [-0.39, 0.29) is 24.8 Å². The smallest absolute Gasteiger partial charge is 0.123 e.